The quantitative estimate of drug-likeness (QED) is 0.285. The van der Waals surface area contributed by atoms with Crippen molar-refractivity contribution < 1.29 is 27.9 Å². The van der Waals surface area contributed by atoms with E-state index in [-0.39, 0.29) is 29.2 Å². The lowest BCUT2D eigenvalue weighted by molar-refractivity contribution is -0.141. The van der Waals surface area contributed by atoms with Gasteiger partial charge in [-0.05, 0) is 79.8 Å². The Morgan fingerprint density at radius 2 is 1.64 bits per heavy atom. The van der Waals surface area contributed by atoms with E-state index in [0.717, 1.165) is 23.3 Å². The van der Waals surface area contributed by atoms with Crippen molar-refractivity contribution in [1.29, 1.82) is 0 Å². The van der Waals surface area contributed by atoms with E-state index in [1.54, 1.807) is 59.7 Å². The number of amides is 1. The van der Waals surface area contributed by atoms with Gasteiger partial charge in [0.1, 0.15) is 22.4 Å². The van der Waals surface area contributed by atoms with E-state index >= 15 is 0 Å². The van der Waals surface area contributed by atoms with Crippen LogP contribution in [0.3, 0.4) is 0 Å². The van der Waals surface area contributed by atoms with Gasteiger partial charge < -0.3 is 9.84 Å². The van der Waals surface area contributed by atoms with Crippen molar-refractivity contribution in [3.05, 3.63) is 83.8 Å². The van der Waals surface area contributed by atoms with E-state index in [1.807, 2.05) is 24.3 Å². The maximum Gasteiger partial charge on any atom is 0.416 e. The zero-order valence-corrected chi connectivity index (χ0v) is 27.3. The summed E-state index contributed by atoms with van der Waals surface area (Å²) < 4.78 is 34.7. The molecule has 0 spiro atoms. The van der Waals surface area contributed by atoms with Crippen LogP contribution < -0.4 is 4.90 Å². The summed E-state index contributed by atoms with van der Waals surface area (Å²) in [6, 6.07) is 14.5. The highest BCUT2D eigenvalue weighted by Gasteiger charge is 2.43. The van der Waals surface area contributed by atoms with Crippen LogP contribution in [-0.2, 0) is 38.1 Å². The number of rotatable bonds is 10. The van der Waals surface area contributed by atoms with Gasteiger partial charge in [-0.3, -0.25) is 4.98 Å². The van der Waals surface area contributed by atoms with Crippen molar-refractivity contribution >= 4 is 27.9 Å². The van der Waals surface area contributed by atoms with Crippen LogP contribution in [0, 0.1) is 5.41 Å². The van der Waals surface area contributed by atoms with Gasteiger partial charge in [-0.25, -0.2) is 27.9 Å². The third-order valence-electron chi connectivity index (χ3n) is 7.56. The fourth-order valence-electron chi connectivity index (χ4n) is 4.95. The highest BCUT2D eigenvalue weighted by Crippen LogP contribution is 2.47. The lowest BCUT2D eigenvalue weighted by Crippen LogP contribution is -2.54. The van der Waals surface area contributed by atoms with Crippen LogP contribution >= 0.6 is 0 Å². The summed E-state index contributed by atoms with van der Waals surface area (Å²) in [7, 11) is -4.02. The average Bonchev–Trinajstić information content (AvgIpc) is 3.68. The summed E-state index contributed by atoms with van der Waals surface area (Å²) in [6.45, 7) is 12.4. The molecule has 1 aromatic carbocycles. The smallest absolute Gasteiger partial charge is 0.416 e. The molecular formula is C33H42N4O6S. The van der Waals surface area contributed by atoms with Crippen LogP contribution in [0.1, 0.15) is 78.1 Å². The molecule has 1 aliphatic rings. The Morgan fingerprint density at radius 3 is 2.16 bits per heavy atom. The van der Waals surface area contributed by atoms with Crippen molar-refractivity contribution in [2.45, 2.75) is 96.4 Å². The minimum Gasteiger partial charge on any atom is -0.480 e. The number of carbonyl (C=O) groups is 2. The van der Waals surface area contributed by atoms with E-state index in [9.17, 15) is 23.1 Å². The molecule has 3 aromatic rings. The number of aliphatic carboxylic acids is 1. The summed E-state index contributed by atoms with van der Waals surface area (Å²) in [5, 5.41) is 10.2. The van der Waals surface area contributed by atoms with E-state index in [1.165, 1.54) is 34.4 Å². The molecule has 0 aliphatic heterocycles. The number of hydrogen-bond donors (Lipinski definition) is 1. The van der Waals surface area contributed by atoms with Crippen LogP contribution in [0.15, 0.2) is 71.9 Å². The highest BCUT2D eigenvalue weighted by molar-refractivity contribution is 7.89. The monoisotopic (exact) mass is 622 g/mol. The fraction of sp³-hybridized carbons (Fsp3) is 0.455. The number of nitrogens with zero attached hydrogens (tertiary/aromatic N) is 4. The number of carboxylic acid groups (broad SMARTS) is 1. The molecule has 11 heteroatoms. The van der Waals surface area contributed by atoms with Gasteiger partial charge in [0.25, 0.3) is 0 Å². The van der Waals surface area contributed by atoms with Crippen LogP contribution in [0.25, 0.3) is 0 Å². The first-order valence-electron chi connectivity index (χ1n) is 14.6. The minimum atomic E-state index is -4.02. The number of carbonyl (C=O) groups excluding carboxylic acids is 1. The number of pyridine rings is 2. The largest absolute Gasteiger partial charge is 0.480 e. The summed E-state index contributed by atoms with van der Waals surface area (Å²) in [6.07, 6.45) is 4.20. The molecule has 10 nitrogen and oxygen atoms in total. The number of anilines is 1. The van der Waals surface area contributed by atoms with Gasteiger partial charge >= 0.3 is 12.1 Å². The van der Waals surface area contributed by atoms with Gasteiger partial charge in [-0.15, -0.1) is 0 Å². The summed E-state index contributed by atoms with van der Waals surface area (Å²) in [4.78, 5) is 35.7. The Balaban J connectivity index is 1.73. The molecule has 44 heavy (non-hydrogen) atoms. The molecule has 0 radical (unpaired) electrons. The third kappa shape index (κ3) is 7.81. The van der Waals surface area contributed by atoms with Crippen LogP contribution in [0.2, 0.25) is 0 Å². The molecule has 1 saturated carbocycles. The topological polar surface area (TPSA) is 130 Å². The molecule has 0 bridgehead atoms. The Morgan fingerprint density at radius 1 is 0.977 bits per heavy atom. The van der Waals surface area contributed by atoms with Gasteiger partial charge in [0.2, 0.25) is 10.0 Å². The summed E-state index contributed by atoms with van der Waals surface area (Å²) >= 11 is 0. The fourth-order valence-corrected chi connectivity index (χ4v) is 6.31. The van der Waals surface area contributed by atoms with Crippen LogP contribution in [0.5, 0.6) is 0 Å². The first-order valence-corrected chi connectivity index (χ1v) is 16.1. The lowest BCUT2D eigenvalue weighted by Gasteiger charge is -2.37. The number of carboxylic acids is 1. The number of benzene rings is 1. The second-order valence-electron chi connectivity index (χ2n) is 13.7. The molecule has 2 heterocycles. The Kier molecular flexibility index (Phi) is 9.23. The van der Waals surface area contributed by atoms with E-state index in [4.69, 9.17) is 4.74 Å². The maximum absolute atomic E-state index is 13.9. The van der Waals surface area contributed by atoms with Gasteiger partial charge in [0.05, 0.1) is 12.2 Å². The van der Waals surface area contributed by atoms with Crippen LogP contribution in [0.4, 0.5) is 10.6 Å². The Hall–Kier alpha value is -3.83. The summed E-state index contributed by atoms with van der Waals surface area (Å²) in [5.41, 5.74) is 0.755. The van der Waals surface area contributed by atoms with Gasteiger partial charge in [-0.2, -0.15) is 4.31 Å². The van der Waals surface area contributed by atoms with Crippen molar-refractivity contribution in [1.82, 2.24) is 14.3 Å². The zero-order chi connectivity index (χ0) is 32.5. The molecule has 1 fully saturated rings. The molecule has 1 aliphatic carbocycles. The van der Waals surface area contributed by atoms with Gasteiger partial charge in [0.15, 0.2) is 0 Å². The van der Waals surface area contributed by atoms with Crippen LogP contribution in [-0.4, -0.2) is 51.5 Å². The van der Waals surface area contributed by atoms with Gasteiger partial charge in [-0.1, -0.05) is 58.0 Å². The molecule has 1 unspecified atom stereocenters. The minimum absolute atomic E-state index is 0.0346. The average molecular weight is 623 g/mol. The number of aromatic nitrogens is 2. The Labute approximate surface area is 260 Å². The molecule has 236 valence electrons. The summed E-state index contributed by atoms with van der Waals surface area (Å²) in [5.74, 6) is -1.18. The maximum atomic E-state index is 13.9. The first-order chi connectivity index (χ1) is 20.4. The number of sulfonamides is 1. The van der Waals surface area contributed by atoms with E-state index in [2.05, 4.69) is 16.9 Å². The second-order valence-corrected chi connectivity index (χ2v) is 15.6. The van der Waals surface area contributed by atoms with Crippen molar-refractivity contribution in [2.75, 3.05) is 4.90 Å². The third-order valence-corrected chi connectivity index (χ3v) is 9.34. The van der Waals surface area contributed by atoms with Crippen molar-refractivity contribution in [3.63, 3.8) is 0 Å². The molecule has 0 saturated heterocycles. The Bertz CT molecular complexity index is 1590. The van der Waals surface area contributed by atoms with E-state index < -0.39 is 39.1 Å². The second kappa shape index (κ2) is 12.3. The molecule has 1 atom stereocenters. The predicted octanol–water partition coefficient (Wildman–Crippen LogP) is 6.16. The molecule has 1 amide bonds. The molecule has 4 rings (SSSR count). The SMILES string of the molecule is CC(C)(C)OC(=O)N(c1cccc(CN(Cc2ccc(C3(C)CC3)cc2)S(=O)(=O)c2cccnc2)n1)C(C(=O)O)C(C)(C)C. The normalized spacial score (nSPS) is 15.5. The lowest BCUT2D eigenvalue weighted by atomic mass is 9.85. The van der Waals surface area contributed by atoms with Gasteiger partial charge in [0, 0.05) is 18.9 Å². The highest BCUT2D eigenvalue weighted by atomic mass is 32.2. The molecule has 1 N–H and O–H groups in total. The molecular weight excluding hydrogens is 580 g/mol. The standard InChI is InChI=1S/C33H42N4O6S/c1-31(2,3)28(29(38)39)37(30(40)43-32(4,5)6)27-12-8-10-25(35-27)22-36(44(41,42)26-11-9-19-34-20-26)21-23-13-15-24(16-14-23)33(7)17-18-33/h8-16,19-20,28H,17-18,21-22H2,1-7H3,(H,38,39). The zero-order valence-electron chi connectivity index (χ0n) is 26.4. The predicted molar refractivity (Wildman–Crippen MR) is 168 cm³/mol. The number of hydrogen-bond acceptors (Lipinski definition) is 7. The van der Waals surface area contributed by atoms with Crippen molar-refractivity contribution in [3.8, 4) is 0 Å². The van der Waals surface area contributed by atoms with E-state index in [0.29, 0.717) is 5.69 Å². The van der Waals surface area contributed by atoms with Crippen molar-refractivity contribution in [2.24, 2.45) is 5.41 Å². The number of ether oxygens (including phenoxy) is 1. The molecule has 2 aromatic heterocycles. The first kappa shape index (κ1) is 33.1.